The fraction of sp³-hybridized carbons (Fsp3) is 0.400. The van der Waals surface area contributed by atoms with E-state index in [1.165, 1.54) is 16.2 Å². The number of carbonyl (C=O) groups is 2. The summed E-state index contributed by atoms with van der Waals surface area (Å²) in [5.41, 5.74) is 0.620. The van der Waals surface area contributed by atoms with Crippen LogP contribution in [0.5, 0.6) is 0 Å². The lowest BCUT2D eigenvalue weighted by molar-refractivity contribution is -0.145. The molecule has 0 aliphatic carbocycles. The third-order valence-electron chi connectivity index (χ3n) is 3.08. The largest absolute Gasteiger partial charge is 0.480 e. The molecule has 0 fully saturated rings. The van der Waals surface area contributed by atoms with Gasteiger partial charge in [-0.1, -0.05) is 0 Å². The number of furan rings is 1. The summed E-state index contributed by atoms with van der Waals surface area (Å²) < 4.78 is 5.50. The number of aliphatic carboxylic acids is 1. The minimum absolute atomic E-state index is 0.0850. The van der Waals surface area contributed by atoms with Gasteiger partial charge < -0.3 is 14.4 Å². The van der Waals surface area contributed by atoms with Crippen molar-refractivity contribution in [2.45, 2.75) is 33.2 Å². The van der Waals surface area contributed by atoms with Crippen LogP contribution in [0.1, 0.15) is 25.3 Å². The van der Waals surface area contributed by atoms with Gasteiger partial charge >= 0.3 is 5.97 Å². The zero-order valence-corrected chi connectivity index (χ0v) is 13.5. The molecule has 0 atom stereocenters. The molecule has 2 rings (SSSR count). The Labute approximate surface area is 132 Å². The molecule has 7 heteroatoms. The average molecular weight is 322 g/mol. The monoisotopic (exact) mass is 322 g/mol. The highest BCUT2D eigenvalue weighted by Crippen LogP contribution is 2.25. The van der Waals surface area contributed by atoms with Gasteiger partial charge in [0.25, 0.3) is 0 Å². The molecule has 118 valence electrons. The molecule has 1 N–H and O–H groups in total. The first-order valence-corrected chi connectivity index (χ1v) is 7.77. The standard InChI is InChI=1S/C15H18N2O4S/c1-9(2)17(7-14(19)20)13(18)6-11-8-22-15(16-11)12-5-4-10(3)21-12/h4-5,8-9H,6-7H2,1-3H3,(H,19,20). The Kier molecular flexibility index (Phi) is 4.97. The summed E-state index contributed by atoms with van der Waals surface area (Å²) in [5, 5.41) is 11.4. The van der Waals surface area contributed by atoms with E-state index in [9.17, 15) is 9.59 Å². The van der Waals surface area contributed by atoms with E-state index in [2.05, 4.69) is 4.98 Å². The maximum atomic E-state index is 12.2. The Morgan fingerprint density at radius 3 is 2.68 bits per heavy atom. The van der Waals surface area contributed by atoms with E-state index < -0.39 is 5.97 Å². The summed E-state index contributed by atoms with van der Waals surface area (Å²) in [4.78, 5) is 28.8. The Bertz CT molecular complexity index is 675. The van der Waals surface area contributed by atoms with Crippen molar-refractivity contribution in [2.75, 3.05) is 6.54 Å². The predicted octanol–water partition coefficient (Wildman–Crippen LogP) is 2.58. The van der Waals surface area contributed by atoms with Crippen LogP contribution in [0.3, 0.4) is 0 Å². The molecule has 0 unspecified atom stereocenters. The van der Waals surface area contributed by atoms with E-state index in [0.717, 1.165) is 5.76 Å². The van der Waals surface area contributed by atoms with Gasteiger partial charge in [-0.15, -0.1) is 11.3 Å². The molecule has 0 bridgehead atoms. The lowest BCUT2D eigenvalue weighted by Crippen LogP contribution is -2.41. The van der Waals surface area contributed by atoms with Crippen LogP contribution in [0.2, 0.25) is 0 Å². The quantitative estimate of drug-likeness (QED) is 0.883. The number of carbonyl (C=O) groups excluding carboxylic acids is 1. The number of hydrogen-bond donors (Lipinski definition) is 1. The smallest absolute Gasteiger partial charge is 0.323 e. The van der Waals surface area contributed by atoms with Crippen molar-refractivity contribution in [1.82, 2.24) is 9.88 Å². The highest BCUT2D eigenvalue weighted by Gasteiger charge is 2.21. The molecule has 2 heterocycles. The van der Waals surface area contributed by atoms with Crippen molar-refractivity contribution in [1.29, 1.82) is 0 Å². The van der Waals surface area contributed by atoms with Crippen LogP contribution in [0.25, 0.3) is 10.8 Å². The predicted molar refractivity (Wildman–Crippen MR) is 82.7 cm³/mol. The fourth-order valence-electron chi connectivity index (χ4n) is 2.01. The highest BCUT2D eigenvalue weighted by molar-refractivity contribution is 7.13. The topological polar surface area (TPSA) is 83.6 Å². The molecule has 0 aliphatic heterocycles. The molecule has 2 aromatic rings. The highest BCUT2D eigenvalue weighted by atomic mass is 32.1. The number of rotatable bonds is 6. The molecule has 0 aliphatic rings. The Morgan fingerprint density at radius 1 is 1.41 bits per heavy atom. The molecule has 22 heavy (non-hydrogen) atoms. The number of aromatic nitrogens is 1. The molecule has 0 saturated carbocycles. The van der Waals surface area contributed by atoms with Crippen molar-refractivity contribution in [3.8, 4) is 10.8 Å². The summed E-state index contributed by atoms with van der Waals surface area (Å²) in [5.74, 6) is 0.208. The van der Waals surface area contributed by atoms with Crippen LogP contribution in [0.4, 0.5) is 0 Å². The van der Waals surface area contributed by atoms with E-state index in [1.54, 1.807) is 19.2 Å². The van der Waals surface area contributed by atoms with E-state index in [1.807, 2.05) is 19.1 Å². The number of carboxylic acids is 1. The van der Waals surface area contributed by atoms with Crippen molar-refractivity contribution >= 4 is 23.2 Å². The fourth-order valence-corrected chi connectivity index (χ4v) is 2.79. The number of hydrogen-bond acceptors (Lipinski definition) is 5. The van der Waals surface area contributed by atoms with Gasteiger partial charge in [0.15, 0.2) is 10.8 Å². The second-order valence-corrected chi connectivity index (χ2v) is 6.10. The first-order chi connectivity index (χ1) is 10.4. The zero-order valence-electron chi connectivity index (χ0n) is 12.7. The lowest BCUT2D eigenvalue weighted by Gasteiger charge is -2.24. The van der Waals surface area contributed by atoms with E-state index in [-0.39, 0.29) is 24.9 Å². The molecule has 0 saturated heterocycles. The molecular formula is C15H18N2O4S. The Balaban J connectivity index is 2.08. The van der Waals surface area contributed by atoms with Gasteiger partial charge in [-0.05, 0) is 32.9 Å². The molecule has 0 radical (unpaired) electrons. The van der Waals surface area contributed by atoms with Crippen LogP contribution < -0.4 is 0 Å². The Hall–Kier alpha value is -2.15. The van der Waals surface area contributed by atoms with E-state index in [0.29, 0.717) is 16.5 Å². The summed E-state index contributed by atoms with van der Waals surface area (Å²) in [7, 11) is 0. The van der Waals surface area contributed by atoms with E-state index in [4.69, 9.17) is 9.52 Å². The minimum Gasteiger partial charge on any atom is -0.480 e. The molecule has 0 aromatic carbocycles. The number of aryl methyl sites for hydroxylation is 1. The maximum absolute atomic E-state index is 12.2. The van der Waals surface area contributed by atoms with Gasteiger partial charge in [0.1, 0.15) is 12.3 Å². The van der Waals surface area contributed by atoms with Gasteiger partial charge in [-0.3, -0.25) is 9.59 Å². The number of amides is 1. The van der Waals surface area contributed by atoms with Crippen molar-refractivity contribution in [3.63, 3.8) is 0 Å². The van der Waals surface area contributed by atoms with Crippen LogP contribution in [-0.4, -0.2) is 39.5 Å². The molecule has 1 amide bonds. The number of thiazole rings is 1. The average Bonchev–Trinajstić information content (AvgIpc) is 3.04. The molecular weight excluding hydrogens is 304 g/mol. The van der Waals surface area contributed by atoms with Gasteiger partial charge in [0, 0.05) is 11.4 Å². The Morgan fingerprint density at radius 2 is 2.14 bits per heavy atom. The molecule has 0 spiro atoms. The lowest BCUT2D eigenvalue weighted by atomic mass is 10.2. The summed E-state index contributed by atoms with van der Waals surface area (Å²) >= 11 is 1.40. The first kappa shape index (κ1) is 16.2. The van der Waals surface area contributed by atoms with Crippen LogP contribution in [0, 0.1) is 6.92 Å². The maximum Gasteiger partial charge on any atom is 0.323 e. The van der Waals surface area contributed by atoms with Crippen LogP contribution >= 0.6 is 11.3 Å². The summed E-state index contributed by atoms with van der Waals surface area (Å²) in [6, 6.07) is 3.52. The zero-order chi connectivity index (χ0) is 16.3. The van der Waals surface area contributed by atoms with Crippen molar-refractivity contribution < 1.29 is 19.1 Å². The first-order valence-electron chi connectivity index (χ1n) is 6.89. The SMILES string of the molecule is Cc1ccc(-c2nc(CC(=O)N(CC(=O)O)C(C)C)cs2)o1. The van der Waals surface area contributed by atoms with Gasteiger partial charge in [-0.25, -0.2) is 4.98 Å². The molecule has 2 aromatic heterocycles. The van der Waals surface area contributed by atoms with E-state index >= 15 is 0 Å². The normalized spacial score (nSPS) is 10.9. The van der Waals surface area contributed by atoms with Crippen LogP contribution in [-0.2, 0) is 16.0 Å². The van der Waals surface area contributed by atoms with Crippen molar-refractivity contribution in [3.05, 3.63) is 29.0 Å². The van der Waals surface area contributed by atoms with Gasteiger partial charge in [-0.2, -0.15) is 0 Å². The number of nitrogens with zero attached hydrogens (tertiary/aromatic N) is 2. The van der Waals surface area contributed by atoms with Gasteiger partial charge in [0.2, 0.25) is 5.91 Å². The second kappa shape index (κ2) is 6.74. The third kappa shape index (κ3) is 3.94. The second-order valence-electron chi connectivity index (χ2n) is 5.24. The minimum atomic E-state index is -1.02. The van der Waals surface area contributed by atoms with Crippen molar-refractivity contribution in [2.24, 2.45) is 0 Å². The summed E-state index contributed by atoms with van der Waals surface area (Å²) in [6.45, 7) is 5.14. The van der Waals surface area contributed by atoms with Crippen LogP contribution in [0.15, 0.2) is 21.9 Å². The van der Waals surface area contributed by atoms with Gasteiger partial charge in [0.05, 0.1) is 12.1 Å². The number of carboxylic acid groups (broad SMARTS) is 1. The third-order valence-corrected chi connectivity index (χ3v) is 3.99. The molecule has 6 nitrogen and oxygen atoms in total. The summed E-state index contributed by atoms with van der Waals surface area (Å²) in [6.07, 6.45) is 0.0850.